The first-order valence-corrected chi connectivity index (χ1v) is 11.8. The van der Waals surface area contributed by atoms with Gasteiger partial charge in [-0.1, -0.05) is 6.07 Å². The van der Waals surface area contributed by atoms with Crippen molar-refractivity contribution in [2.75, 3.05) is 32.7 Å². The highest BCUT2D eigenvalue weighted by molar-refractivity contribution is 14.0. The summed E-state index contributed by atoms with van der Waals surface area (Å²) in [5.41, 5.74) is 0.604. The number of amides is 1. The number of ether oxygens (including phenoxy) is 1. The molecule has 180 valence electrons. The molecule has 8 heteroatoms. The molecule has 7 nitrogen and oxygen atoms in total. The normalized spacial score (nSPS) is 17.5. The predicted octanol–water partition coefficient (Wildman–Crippen LogP) is 4.32. The second-order valence-corrected chi connectivity index (χ2v) is 9.60. The Bertz CT molecular complexity index is 726. The summed E-state index contributed by atoms with van der Waals surface area (Å²) in [6, 6.07) is 6.23. The van der Waals surface area contributed by atoms with E-state index < -0.39 is 5.60 Å². The zero-order valence-electron chi connectivity index (χ0n) is 20.0. The number of hydrogen-bond acceptors (Lipinski definition) is 4. The molecule has 1 saturated carbocycles. The van der Waals surface area contributed by atoms with Crippen LogP contribution in [0.2, 0.25) is 0 Å². The predicted molar refractivity (Wildman–Crippen MR) is 140 cm³/mol. The van der Waals surface area contributed by atoms with Gasteiger partial charge in [0.25, 0.3) is 0 Å². The van der Waals surface area contributed by atoms with Gasteiger partial charge in [-0.15, -0.1) is 24.0 Å². The topological polar surface area (TPSA) is 70.1 Å². The largest absolute Gasteiger partial charge is 0.444 e. The van der Waals surface area contributed by atoms with E-state index in [0.29, 0.717) is 12.5 Å². The van der Waals surface area contributed by atoms with Crippen molar-refractivity contribution in [3.8, 4) is 0 Å². The first-order valence-electron chi connectivity index (χ1n) is 11.8. The standard InChI is InChI=1S/C24H39N5O2.HI/c1-5-25-22(27-15-11-20-8-6-7-14-26-20)28-16-12-21(13-17-28)29(18-19-9-10-19)23(30)31-24(2,3)4;/h6-8,14,19,21H,5,9-13,15-18H2,1-4H3,(H,25,27);1H. The SMILES string of the molecule is CCNC(=NCCc1ccccn1)N1CCC(N(CC2CC2)C(=O)OC(C)(C)C)CC1.I. The lowest BCUT2D eigenvalue weighted by molar-refractivity contribution is 0.00928. The van der Waals surface area contributed by atoms with Crippen molar-refractivity contribution in [1.29, 1.82) is 0 Å². The number of carbonyl (C=O) groups is 1. The van der Waals surface area contributed by atoms with Crippen LogP contribution in [0.15, 0.2) is 29.4 Å². The Morgan fingerprint density at radius 3 is 2.53 bits per heavy atom. The van der Waals surface area contributed by atoms with Crippen LogP contribution in [-0.4, -0.2) is 71.2 Å². The van der Waals surface area contributed by atoms with Gasteiger partial charge in [-0.3, -0.25) is 9.98 Å². The first-order chi connectivity index (χ1) is 14.9. The van der Waals surface area contributed by atoms with Gasteiger partial charge >= 0.3 is 6.09 Å². The fraction of sp³-hybridized carbons (Fsp3) is 0.708. The van der Waals surface area contributed by atoms with Gasteiger partial charge < -0.3 is 19.9 Å². The van der Waals surface area contributed by atoms with Gasteiger partial charge in [-0.25, -0.2) is 4.79 Å². The van der Waals surface area contributed by atoms with Crippen LogP contribution in [0.1, 0.15) is 59.1 Å². The van der Waals surface area contributed by atoms with E-state index >= 15 is 0 Å². The summed E-state index contributed by atoms with van der Waals surface area (Å²) >= 11 is 0. The fourth-order valence-electron chi connectivity index (χ4n) is 3.91. The van der Waals surface area contributed by atoms with Crippen LogP contribution < -0.4 is 5.32 Å². The summed E-state index contributed by atoms with van der Waals surface area (Å²) in [4.78, 5) is 26.4. The monoisotopic (exact) mass is 557 g/mol. The molecule has 0 aromatic carbocycles. The molecule has 1 aromatic heterocycles. The number of likely N-dealkylation sites (tertiary alicyclic amines) is 1. The molecule has 1 aliphatic carbocycles. The van der Waals surface area contributed by atoms with Gasteiger partial charge in [0.15, 0.2) is 5.96 Å². The third kappa shape index (κ3) is 8.75. The minimum Gasteiger partial charge on any atom is -0.444 e. The van der Waals surface area contributed by atoms with Crippen LogP contribution in [-0.2, 0) is 11.2 Å². The van der Waals surface area contributed by atoms with Crippen LogP contribution >= 0.6 is 24.0 Å². The smallest absolute Gasteiger partial charge is 0.410 e. The lowest BCUT2D eigenvalue weighted by atomic mass is 10.0. The van der Waals surface area contributed by atoms with E-state index in [0.717, 1.165) is 57.1 Å². The zero-order valence-corrected chi connectivity index (χ0v) is 22.4. The summed E-state index contributed by atoms with van der Waals surface area (Å²) in [7, 11) is 0. The summed E-state index contributed by atoms with van der Waals surface area (Å²) in [5.74, 6) is 1.61. The minimum atomic E-state index is -0.460. The van der Waals surface area contributed by atoms with Crippen LogP contribution in [0.4, 0.5) is 4.79 Å². The number of guanidine groups is 1. The number of nitrogens with zero attached hydrogens (tertiary/aromatic N) is 4. The molecule has 1 N–H and O–H groups in total. The van der Waals surface area contributed by atoms with E-state index in [1.54, 1.807) is 0 Å². The third-order valence-corrected chi connectivity index (χ3v) is 5.68. The van der Waals surface area contributed by atoms with Crippen molar-refractivity contribution in [2.45, 2.75) is 71.4 Å². The van der Waals surface area contributed by atoms with Gasteiger partial charge in [0, 0.05) is 57.1 Å². The van der Waals surface area contributed by atoms with Gasteiger partial charge in [-0.05, 0) is 71.4 Å². The Balaban J connectivity index is 0.00000363. The maximum absolute atomic E-state index is 12.9. The summed E-state index contributed by atoms with van der Waals surface area (Å²) in [6.45, 7) is 12.1. The molecule has 1 saturated heterocycles. The second kappa shape index (κ2) is 12.6. The molecule has 3 rings (SSSR count). The van der Waals surface area contributed by atoms with Crippen LogP contribution in [0.25, 0.3) is 0 Å². The first kappa shape index (κ1) is 26.7. The number of aromatic nitrogens is 1. The van der Waals surface area contributed by atoms with E-state index in [-0.39, 0.29) is 36.1 Å². The summed E-state index contributed by atoms with van der Waals surface area (Å²) in [5, 5.41) is 3.43. The Hall–Kier alpha value is -1.58. The van der Waals surface area contributed by atoms with Crippen molar-refractivity contribution in [3.05, 3.63) is 30.1 Å². The molecule has 0 unspecified atom stereocenters. The quantitative estimate of drug-likeness (QED) is 0.307. The third-order valence-electron chi connectivity index (χ3n) is 5.68. The summed E-state index contributed by atoms with van der Waals surface area (Å²) < 4.78 is 5.72. The Labute approximate surface area is 210 Å². The molecule has 2 fully saturated rings. The van der Waals surface area contributed by atoms with Crippen molar-refractivity contribution in [2.24, 2.45) is 10.9 Å². The molecule has 0 bridgehead atoms. The number of piperidine rings is 1. The number of halogens is 1. The van der Waals surface area contributed by atoms with Crippen LogP contribution in [0.3, 0.4) is 0 Å². The number of rotatable bonds is 7. The fourth-order valence-corrected chi connectivity index (χ4v) is 3.91. The molecule has 1 aromatic rings. The Morgan fingerprint density at radius 1 is 1.25 bits per heavy atom. The van der Waals surface area contributed by atoms with E-state index in [1.165, 1.54) is 12.8 Å². The van der Waals surface area contributed by atoms with Crippen LogP contribution in [0.5, 0.6) is 0 Å². The highest BCUT2D eigenvalue weighted by Crippen LogP contribution is 2.32. The molecule has 2 aliphatic rings. The van der Waals surface area contributed by atoms with E-state index in [1.807, 2.05) is 50.1 Å². The molecule has 0 atom stereocenters. The minimum absolute atomic E-state index is 0. The van der Waals surface area contributed by atoms with E-state index in [4.69, 9.17) is 9.73 Å². The molecule has 1 aliphatic heterocycles. The lowest BCUT2D eigenvalue weighted by Gasteiger charge is -2.40. The molecule has 32 heavy (non-hydrogen) atoms. The van der Waals surface area contributed by atoms with Gasteiger partial charge in [0.05, 0.1) is 0 Å². The average molecular weight is 558 g/mol. The molecular weight excluding hydrogens is 517 g/mol. The zero-order chi connectivity index (χ0) is 22.3. The van der Waals surface area contributed by atoms with Gasteiger partial charge in [0.1, 0.15) is 5.60 Å². The Morgan fingerprint density at radius 2 is 1.97 bits per heavy atom. The van der Waals surface area contributed by atoms with Gasteiger partial charge in [0.2, 0.25) is 0 Å². The number of pyridine rings is 1. The number of carbonyl (C=O) groups excluding carboxylic acids is 1. The molecule has 0 spiro atoms. The number of hydrogen-bond donors (Lipinski definition) is 1. The molecule has 2 heterocycles. The highest BCUT2D eigenvalue weighted by atomic mass is 127. The van der Waals surface area contributed by atoms with E-state index in [9.17, 15) is 4.79 Å². The number of nitrogens with one attached hydrogen (secondary N) is 1. The maximum Gasteiger partial charge on any atom is 0.410 e. The number of aliphatic imine (C=N–C) groups is 1. The van der Waals surface area contributed by atoms with E-state index in [2.05, 4.69) is 22.1 Å². The summed E-state index contributed by atoms with van der Waals surface area (Å²) in [6.07, 6.45) is 6.84. The maximum atomic E-state index is 12.9. The molecule has 0 radical (unpaired) electrons. The van der Waals surface area contributed by atoms with Crippen molar-refractivity contribution in [1.82, 2.24) is 20.1 Å². The van der Waals surface area contributed by atoms with Crippen molar-refractivity contribution < 1.29 is 9.53 Å². The lowest BCUT2D eigenvalue weighted by Crippen LogP contribution is -2.52. The van der Waals surface area contributed by atoms with Gasteiger partial charge in [-0.2, -0.15) is 0 Å². The van der Waals surface area contributed by atoms with Crippen molar-refractivity contribution in [3.63, 3.8) is 0 Å². The average Bonchev–Trinajstić information content (AvgIpc) is 3.55. The van der Waals surface area contributed by atoms with Crippen molar-refractivity contribution >= 4 is 36.0 Å². The second-order valence-electron chi connectivity index (χ2n) is 9.60. The van der Waals surface area contributed by atoms with Crippen LogP contribution in [0, 0.1) is 5.92 Å². The molecular formula is C24H40IN5O2. The molecule has 1 amide bonds. The highest BCUT2D eigenvalue weighted by Gasteiger charge is 2.35. The Kier molecular flexibility index (Phi) is 10.5.